The summed E-state index contributed by atoms with van der Waals surface area (Å²) in [5.41, 5.74) is 2.40. The topological polar surface area (TPSA) is 83.0 Å². The molecule has 0 aliphatic carbocycles. The molecule has 7 nitrogen and oxygen atoms in total. The van der Waals surface area contributed by atoms with Crippen molar-refractivity contribution in [2.45, 2.75) is 13.5 Å². The Morgan fingerprint density at radius 2 is 2.00 bits per heavy atom. The summed E-state index contributed by atoms with van der Waals surface area (Å²) in [7, 11) is 1.62. The third-order valence-corrected chi connectivity index (χ3v) is 6.57. The van der Waals surface area contributed by atoms with Crippen molar-refractivity contribution in [3.05, 3.63) is 81.4 Å². The smallest absolute Gasteiger partial charge is 0.268 e. The maximum Gasteiger partial charge on any atom is 0.268 e. The minimum Gasteiger partial charge on any atom is -0.497 e. The minimum atomic E-state index is -0.116. The van der Waals surface area contributed by atoms with E-state index in [9.17, 15) is 4.79 Å². The SMILES string of the molecule is COc1cccc(Cn2cnc3sc(-c4nc(-c5ccc(Cl)cc5)no4)c(C)c3c2=O)c1. The molecule has 0 spiro atoms. The van der Waals surface area contributed by atoms with Gasteiger partial charge in [0, 0.05) is 10.6 Å². The average molecular weight is 465 g/mol. The highest BCUT2D eigenvalue weighted by atomic mass is 35.5. The van der Waals surface area contributed by atoms with Crippen LogP contribution in [-0.2, 0) is 6.54 Å². The van der Waals surface area contributed by atoms with E-state index < -0.39 is 0 Å². The summed E-state index contributed by atoms with van der Waals surface area (Å²) in [5, 5.41) is 5.27. The molecule has 0 atom stereocenters. The predicted octanol–water partition coefficient (Wildman–Crippen LogP) is 5.19. The van der Waals surface area contributed by atoms with Crippen LogP contribution in [0.5, 0.6) is 5.75 Å². The first-order chi connectivity index (χ1) is 15.5. The molecule has 3 heterocycles. The lowest BCUT2D eigenvalue weighted by atomic mass is 10.2. The van der Waals surface area contributed by atoms with Gasteiger partial charge in [0.15, 0.2) is 0 Å². The maximum atomic E-state index is 13.2. The van der Waals surface area contributed by atoms with E-state index in [1.807, 2.05) is 43.3 Å². The number of ether oxygens (including phenoxy) is 1. The second kappa shape index (κ2) is 8.22. The molecule has 9 heteroatoms. The van der Waals surface area contributed by atoms with E-state index in [0.717, 1.165) is 27.3 Å². The van der Waals surface area contributed by atoms with E-state index in [2.05, 4.69) is 15.1 Å². The number of thiophene rings is 1. The summed E-state index contributed by atoms with van der Waals surface area (Å²) in [6.45, 7) is 2.27. The number of benzene rings is 2. The van der Waals surface area contributed by atoms with Gasteiger partial charge in [-0.05, 0) is 54.4 Å². The fraction of sp³-hybridized carbons (Fsp3) is 0.130. The van der Waals surface area contributed by atoms with Crippen molar-refractivity contribution >= 4 is 33.2 Å². The molecule has 2 aromatic carbocycles. The normalized spacial score (nSPS) is 11.2. The van der Waals surface area contributed by atoms with Crippen LogP contribution in [0.3, 0.4) is 0 Å². The number of hydrogen-bond acceptors (Lipinski definition) is 7. The zero-order valence-electron chi connectivity index (χ0n) is 17.2. The quantitative estimate of drug-likeness (QED) is 0.356. The minimum absolute atomic E-state index is 0.116. The van der Waals surface area contributed by atoms with Crippen LogP contribution in [0, 0.1) is 6.92 Å². The molecule has 5 aromatic rings. The Hall–Kier alpha value is -3.49. The van der Waals surface area contributed by atoms with Crippen LogP contribution in [0.25, 0.3) is 32.4 Å². The summed E-state index contributed by atoms with van der Waals surface area (Å²) in [4.78, 5) is 23.6. The zero-order chi connectivity index (χ0) is 22.2. The van der Waals surface area contributed by atoms with Crippen molar-refractivity contribution in [2.75, 3.05) is 7.11 Å². The molecule has 0 saturated heterocycles. The van der Waals surface area contributed by atoms with Gasteiger partial charge in [0.05, 0.1) is 30.2 Å². The Kier molecular flexibility index (Phi) is 5.24. The number of halogens is 1. The van der Waals surface area contributed by atoms with Crippen molar-refractivity contribution in [3.8, 4) is 27.9 Å². The number of hydrogen-bond donors (Lipinski definition) is 0. The number of nitrogens with zero attached hydrogens (tertiary/aromatic N) is 4. The lowest BCUT2D eigenvalue weighted by Gasteiger charge is -2.07. The van der Waals surface area contributed by atoms with Crippen LogP contribution in [0.2, 0.25) is 5.02 Å². The van der Waals surface area contributed by atoms with Crippen LogP contribution in [0.15, 0.2) is 64.2 Å². The summed E-state index contributed by atoms with van der Waals surface area (Å²) in [6, 6.07) is 14.8. The number of rotatable bonds is 5. The molecule has 0 N–H and O–H groups in total. The molecular formula is C23H17ClN4O3S. The van der Waals surface area contributed by atoms with Gasteiger partial charge in [-0.3, -0.25) is 9.36 Å². The molecular weight excluding hydrogens is 448 g/mol. The Morgan fingerprint density at radius 3 is 2.78 bits per heavy atom. The number of aromatic nitrogens is 4. The molecule has 0 aliphatic heterocycles. The first-order valence-electron chi connectivity index (χ1n) is 9.75. The van der Waals surface area contributed by atoms with E-state index in [-0.39, 0.29) is 5.56 Å². The van der Waals surface area contributed by atoms with Gasteiger partial charge < -0.3 is 9.26 Å². The van der Waals surface area contributed by atoms with Gasteiger partial charge in [0.25, 0.3) is 11.4 Å². The summed E-state index contributed by atoms with van der Waals surface area (Å²) >= 11 is 7.31. The van der Waals surface area contributed by atoms with Gasteiger partial charge in [-0.1, -0.05) is 28.9 Å². The molecule has 0 radical (unpaired) electrons. The highest BCUT2D eigenvalue weighted by Crippen LogP contribution is 2.35. The van der Waals surface area contributed by atoms with Crippen LogP contribution in [-0.4, -0.2) is 26.8 Å². The summed E-state index contributed by atoms with van der Waals surface area (Å²) < 4.78 is 12.4. The fourth-order valence-corrected chi connectivity index (χ4v) is 4.66. The van der Waals surface area contributed by atoms with E-state index in [4.69, 9.17) is 20.9 Å². The Labute approximate surface area is 191 Å². The molecule has 0 bridgehead atoms. The Balaban J connectivity index is 1.52. The molecule has 0 aliphatic rings. The molecule has 0 fully saturated rings. The molecule has 0 amide bonds. The van der Waals surface area contributed by atoms with Crippen molar-refractivity contribution in [1.82, 2.24) is 19.7 Å². The highest BCUT2D eigenvalue weighted by molar-refractivity contribution is 7.22. The first kappa shape index (κ1) is 20.4. The van der Waals surface area contributed by atoms with Gasteiger partial charge >= 0.3 is 0 Å². The van der Waals surface area contributed by atoms with Gasteiger partial charge in [0.2, 0.25) is 5.82 Å². The lowest BCUT2D eigenvalue weighted by Crippen LogP contribution is -2.21. The largest absolute Gasteiger partial charge is 0.497 e. The molecule has 0 saturated carbocycles. The molecule has 160 valence electrons. The molecule has 5 rings (SSSR count). The standard InChI is InChI=1S/C23H17ClN4O3S/c1-13-18-22(25-12-28(23(18)29)11-14-4-3-5-17(10-14)30-2)32-19(13)21-26-20(27-31-21)15-6-8-16(24)9-7-15/h3-10,12H,11H2,1-2H3. The Morgan fingerprint density at radius 1 is 1.19 bits per heavy atom. The van der Waals surface area contributed by atoms with E-state index in [0.29, 0.717) is 33.5 Å². The summed E-state index contributed by atoms with van der Waals surface area (Å²) in [6.07, 6.45) is 1.57. The van der Waals surface area contributed by atoms with Gasteiger partial charge in [0.1, 0.15) is 10.6 Å². The second-order valence-electron chi connectivity index (χ2n) is 7.20. The van der Waals surface area contributed by atoms with Crippen LogP contribution in [0.1, 0.15) is 11.1 Å². The monoisotopic (exact) mass is 464 g/mol. The number of fused-ring (bicyclic) bond motifs is 1. The van der Waals surface area contributed by atoms with Crippen molar-refractivity contribution in [1.29, 1.82) is 0 Å². The predicted molar refractivity (Wildman–Crippen MR) is 124 cm³/mol. The van der Waals surface area contributed by atoms with Gasteiger partial charge in [-0.25, -0.2) is 4.98 Å². The lowest BCUT2D eigenvalue weighted by molar-refractivity contribution is 0.414. The van der Waals surface area contributed by atoms with Crippen LogP contribution >= 0.6 is 22.9 Å². The maximum absolute atomic E-state index is 13.2. The molecule has 32 heavy (non-hydrogen) atoms. The number of aryl methyl sites for hydroxylation is 1. The Bertz CT molecular complexity index is 1490. The van der Waals surface area contributed by atoms with Gasteiger partial charge in [-0.15, -0.1) is 11.3 Å². The van der Waals surface area contributed by atoms with E-state index >= 15 is 0 Å². The third kappa shape index (κ3) is 3.68. The van der Waals surface area contributed by atoms with Crippen molar-refractivity contribution in [2.24, 2.45) is 0 Å². The molecule has 3 aromatic heterocycles. The fourth-order valence-electron chi connectivity index (χ4n) is 3.48. The molecule has 0 unspecified atom stereocenters. The van der Waals surface area contributed by atoms with Gasteiger partial charge in [-0.2, -0.15) is 4.98 Å². The van der Waals surface area contributed by atoms with Crippen molar-refractivity contribution < 1.29 is 9.26 Å². The van der Waals surface area contributed by atoms with Crippen LogP contribution in [0.4, 0.5) is 0 Å². The second-order valence-corrected chi connectivity index (χ2v) is 8.63. The number of methoxy groups -OCH3 is 1. The van der Waals surface area contributed by atoms with E-state index in [1.165, 1.54) is 11.3 Å². The highest BCUT2D eigenvalue weighted by Gasteiger charge is 2.20. The summed E-state index contributed by atoms with van der Waals surface area (Å²) in [5.74, 6) is 1.55. The van der Waals surface area contributed by atoms with E-state index in [1.54, 1.807) is 30.1 Å². The van der Waals surface area contributed by atoms with Crippen LogP contribution < -0.4 is 10.3 Å². The third-order valence-electron chi connectivity index (χ3n) is 5.13. The zero-order valence-corrected chi connectivity index (χ0v) is 18.8. The first-order valence-corrected chi connectivity index (χ1v) is 10.9. The van der Waals surface area contributed by atoms with Crippen molar-refractivity contribution in [3.63, 3.8) is 0 Å². The average Bonchev–Trinajstić information content (AvgIpc) is 3.41.